The van der Waals surface area contributed by atoms with E-state index in [1.165, 1.54) is 4.79 Å². The van der Waals surface area contributed by atoms with Crippen molar-refractivity contribution in [3.8, 4) is 0 Å². The van der Waals surface area contributed by atoms with Crippen LogP contribution in [0.1, 0.15) is 11.4 Å². The fraction of sp³-hybridized carbons (Fsp3) is 0.400. The second-order valence-corrected chi connectivity index (χ2v) is 1.87. The molecule has 0 aliphatic heterocycles. The van der Waals surface area contributed by atoms with Crippen LogP contribution in [0.4, 0.5) is 0 Å². The third-order valence-corrected chi connectivity index (χ3v) is 1.04. The van der Waals surface area contributed by atoms with Gasteiger partial charge in [0.05, 0.1) is 11.4 Å². The Labute approximate surface area is 48.1 Å². The maximum absolute atomic E-state index is 5.35. The highest BCUT2D eigenvalue weighted by Gasteiger charge is 1.92. The maximum atomic E-state index is 5.35. The Morgan fingerprint density at radius 3 is 2.38 bits per heavy atom. The Kier molecular flexibility index (Phi) is 0.970. The van der Waals surface area contributed by atoms with Crippen molar-refractivity contribution in [2.24, 2.45) is 0 Å². The number of hydrogen-bond donors (Lipinski definition) is 1. The van der Waals surface area contributed by atoms with Crippen molar-refractivity contribution in [3.63, 3.8) is 0 Å². The van der Waals surface area contributed by atoms with Gasteiger partial charge in [-0.2, -0.15) is 9.89 Å². The predicted molar refractivity (Wildman–Crippen MR) is 31.9 cm³/mol. The predicted octanol–water partition coefficient (Wildman–Crippen LogP) is 0.214. The Morgan fingerprint density at radius 2 is 2.25 bits per heavy atom. The summed E-state index contributed by atoms with van der Waals surface area (Å²) in [5, 5.41) is 3.91. The Morgan fingerprint density at radius 1 is 1.62 bits per heavy atom. The molecule has 0 amide bonds. The molecule has 1 aromatic heterocycles. The van der Waals surface area contributed by atoms with Crippen LogP contribution in [0, 0.1) is 13.8 Å². The van der Waals surface area contributed by atoms with Gasteiger partial charge in [-0.15, -0.1) is 0 Å². The number of aryl methyl sites for hydroxylation is 2. The molecule has 0 aromatic carbocycles. The van der Waals surface area contributed by atoms with Crippen LogP contribution < -0.4 is 5.84 Å². The van der Waals surface area contributed by atoms with Gasteiger partial charge in [-0.3, -0.25) is 0 Å². The van der Waals surface area contributed by atoms with Gasteiger partial charge in [0.25, 0.3) is 0 Å². The smallest absolute Gasteiger partial charge is 0.0617 e. The molecule has 0 saturated carbocycles. The fourth-order valence-electron chi connectivity index (χ4n) is 0.646. The summed E-state index contributed by atoms with van der Waals surface area (Å²) >= 11 is 0. The average molecular weight is 111 g/mol. The third kappa shape index (κ3) is 0.665. The van der Waals surface area contributed by atoms with Crippen LogP contribution in [-0.4, -0.2) is 9.89 Å². The zero-order valence-corrected chi connectivity index (χ0v) is 5.05. The van der Waals surface area contributed by atoms with E-state index in [2.05, 4.69) is 5.10 Å². The number of nitrogens with two attached hydrogens (primary N) is 1. The standard InChI is InChI=1S/C5H9N3/c1-4-3-5(2)8(6)7-4/h3H,6H2,1-2H3. The minimum Gasteiger partial charge on any atom is -0.323 e. The molecule has 44 valence electrons. The van der Waals surface area contributed by atoms with E-state index in [1.807, 2.05) is 19.9 Å². The number of hydrogen-bond acceptors (Lipinski definition) is 2. The van der Waals surface area contributed by atoms with Crippen molar-refractivity contribution in [2.75, 3.05) is 5.84 Å². The minimum absolute atomic E-state index is 0.963. The van der Waals surface area contributed by atoms with Gasteiger partial charge in [-0.1, -0.05) is 0 Å². The van der Waals surface area contributed by atoms with Crippen LogP contribution >= 0.6 is 0 Å². The lowest BCUT2D eigenvalue weighted by Crippen LogP contribution is -2.11. The van der Waals surface area contributed by atoms with Gasteiger partial charge in [0.15, 0.2) is 0 Å². The Balaban J connectivity index is 3.14. The molecule has 0 spiro atoms. The number of aromatic nitrogens is 2. The first-order chi connectivity index (χ1) is 3.70. The second-order valence-electron chi connectivity index (χ2n) is 1.87. The number of rotatable bonds is 0. The molecule has 0 unspecified atom stereocenters. The van der Waals surface area contributed by atoms with Crippen molar-refractivity contribution in [1.82, 2.24) is 9.89 Å². The molecule has 1 aromatic rings. The van der Waals surface area contributed by atoms with Crippen molar-refractivity contribution < 1.29 is 0 Å². The molecule has 2 N–H and O–H groups in total. The van der Waals surface area contributed by atoms with Gasteiger partial charge in [-0.25, -0.2) is 0 Å². The largest absolute Gasteiger partial charge is 0.323 e. The van der Waals surface area contributed by atoms with E-state index >= 15 is 0 Å². The molecule has 0 saturated heterocycles. The van der Waals surface area contributed by atoms with Crippen molar-refractivity contribution in [2.45, 2.75) is 13.8 Å². The highest BCUT2D eigenvalue weighted by Crippen LogP contribution is 1.95. The Hall–Kier alpha value is -0.990. The Bertz CT molecular complexity index is 170. The van der Waals surface area contributed by atoms with Gasteiger partial charge in [0.1, 0.15) is 0 Å². The third-order valence-electron chi connectivity index (χ3n) is 1.04. The van der Waals surface area contributed by atoms with Crippen LogP contribution in [0.25, 0.3) is 0 Å². The summed E-state index contributed by atoms with van der Waals surface area (Å²) in [4.78, 5) is 1.37. The second kappa shape index (κ2) is 1.51. The number of nitrogens with zero attached hydrogens (tertiary/aromatic N) is 2. The van der Waals surface area contributed by atoms with Crippen molar-refractivity contribution >= 4 is 0 Å². The molecule has 3 nitrogen and oxygen atoms in total. The lowest BCUT2D eigenvalue weighted by atomic mass is 10.4. The molecule has 0 radical (unpaired) electrons. The lowest BCUT2D eigenvalue weighted by molar-refractivity contribution is 0.789. The summed E-state index contributed by atoms with van der Waals surface area (Å²) in [5.41, 5.74) is 1.95. The topological polar surface area (TPSA) is 43.8 Å². The van der Waals surface area contributed by atoms with E-state index in [0.29, 0.717) is 0 Å². The average Bonchev–Trinajstić information content (AvgIpc) is 1.85. The molecule has 1 heterocycles. The number of nitrogen functional groups attached to an aromatic ring is 1. The fourth-order valence-corrected chi connectivity index (χ4v) is 0.646. The van der Waals surface area contributed by atoms with Crippen LogP contribution in [0.2, 0.25) is 0 Å². The van der Waals surface area contributed by atoms with E-state index in [0.717, 1.165) is 11.4 Å². The van der Waals surface area contributed by atoms with E-state index in [-0.39, 0.29) is 0 Å². The molecular formula is C5H9N3. The van der Waals surface area contributed by atoms with Gasteiger partial charge >= 0.3 is 0 Å². The minimum atomic E-state index is 0.963. The van der Waals surface area contributed by atoms with Crippen LogP contribution in [0.5, 0.6) is 0 Å². The molecule has 0 aliphatic carbocycles. The molecule has 3 heteroatoms. The van der Waals surface area contributed by atoms with Gasteiger partial charge in [-0.05, 0) is 19.9 Å². The lowest BCUT2D eigenvalue weighted by Gasteiger charge is -1.88. The summed E-state index contributed by atoms with van der Waals surface area (Å²) < 4.78 is 0. The summed E-state index contributed by atoms with van der Waals surface area (Å²) in [6, 6.07) is 1.93. The van der Waals surface area contributed by atoms with E-state index in [1.54, 1.807) is 0 Å². The molecule has 0 aliphatic rings. The molecule has 0 atom stereocenters. The summed E-state index contributed by atoms with van der Waals surface area (Å²) in [7, 11) is 0. The highest BCUT2D eigenvalue weighted by molar-refractivity contribution is 5.05. The van der Waals surface area contributed by atoms with Gasteiger partial charge < -0.3 is 5.84 Å². The van der Waals surface area contributed by atoms with Gasteiger partial charge in [0, 0.05) is 0 Å². The van der Waals surface area contributed by atoms with Crippen molar-refractivity contribution in [3.05, 3.63) is 17.5 Å². The van der Waals surface area contributed by atoms with Crippen LogP contribution in [-0.2, 0) is 0 Å². The van der Waals surface area contributed by atoms with Crippen LogP contribution in [0.3, 0.4) is 0 Å². The molecular weight excluding hydrogens is 102 g/mol. The first-order valence-corrected chi connectivity index (χ1v) is 2.48. The highest BCUT2D eigenvalue weighted by atomic mass is 15.5. The SMILES string of the molecule is Cc1cc(C)n(N)n1. The zero-order valence-electron chi connectivity index (χ0n) is 5.05. The maximum Gasteiger partial charge on any atom is 0.0617 e. The van der Waals surface area contributed by atoms with Crippen molar-refractivity contribution in [1.29, 1.82) is 0 Å². The van der Waals surface area contributed by atoms with E-state index < -0.39 is 0 Å². The van der Waals surface area contributed by atoms with Gasteiger partial charge in [0.2, 0.25) is 0 Å². The van der Waals surface area contributed by atoms with E-state index in [4.69, 9.17) is 5.84 Å². The molecule has 0 fully saturated rings. The first-order valence-electron chi connectivity index (χ1n) is 2.48. The van der Waals surface area contributed by atoms with E-state index in [9.17, 15) is 0 Å². The summed E-state index contributed by atoms with van der Waals surface area (Å²) in [6.07, 6.45) is 0. The summed E-state index contributed by atoms with van der Waals surface area (Å²) in [6.45, 7) is 3.83. The summed E-state index contributed by atoms with van der Waals surface area (Å²) in [5.74, 6) is 5.35. The zero-order chi connectivity index (χ0) is 6.15. The quantitative estimate of drug-likeness (QED) is 0.486. The van der Waals surface area contributed by atoms with Crippen LogP contribution in [0.15, 0.2) is 6.07 Å². The first kappa shape index (κ1) is 5.15. The monoisotopic (exact) mass is 111 g/mol. The molecule has 0 bridgehead atoms. The normalized spacial score (nSPS) is 9.75. The molecule has 1 rings (SSSR count). The molecule has 8 heavy (non-hydrogen) atoms.